The van der Waals surface area contributed by atoms with Gasteiger partial charge in [-0.3, -0.25) is 4.90 Å². The summed E-state index contributed by atoms with van der Waals surface area (Å²) in [7, 11) is 1.95. The van der Waals surface area contributed by atoms with E-state index in [1.807, 2.05) is 34.7 Å². The maximum absolute atomic E-state index is 12.7. The normalized spacial score (nSPS) is 18.7. The van der Waals surface area contributed by atoms with Crippen LogP contribution in [-0.4, -0.2) is 69.3 Å². The number of carbonyl (C=O) groups excluding carboxylic acids is 1. The second-order valence-corrected chi connectivity index (χ2v) is 7.49. The van der Waals surface area contributed by atoms with Crippen molar-refractivity contribution in [1.29, 1.82) is 0 Å². The number of nitrogens with one attached hydrogen (secondary N) is 1. The first-order chi connectivity index (χ1) is 12.5. The zero-order chi connectivity index (χ0) is 18.7. The minimum atomic E-state index is -0.0904. The molecule has 2 heterocycles. The van der Waals surface area contributed by atoms with Crippen molar-refractivity contribution in [2.45, 2.75) is 26.3 Å². The minimum absolute atomic E-state index is 0.0904. The number of rotatable bonds is 5. The number of piperazine rings is 1. The largest absolute Gasteiger partial charge is 0.396 e. The lowest BCUT2D eigenvalue weighted by atomic mass is 10.1. The van der Waals surface area contributed by atoms with E-state index in [0.29, 0.717) is 25.4 Å². The molecule has 1 atom stereocenters. The lowest BCUT2D eigenvalue weighted by molar-refractivity contribution is 0.0689. The van der Waals surface area contributed by atoms with Gasteiger partial charge in [-0.1, -0.05) is 13.8 Å². The average molecular weight is 359 g/mol. The van der Waals surface area contributed by atoms with Gasteiger partial charge in [-0.15, -0.1) is 0 Å². The molecule has 142 valence electrons. The van der Waals surface area contributed by atoms with Gasteiger partial charge in [0, 0.05) is 51.6 Å². The third-order valence-corrected chi connectivity index (χ3v) is 4.93. The summed E-state index contributed by atoms with van der Waals surface area (Å²) in [5.74, 6) is 0.571. The molecule has 1 aliphatic heterocycles. The molecule has 1 aromatic heterocycles. The zero-order valence-electron chi connectivity index (χ0n) is 15.9. The molecule has 0 saturated carbocycles. The summed E-state index contributed by atoms with van der Waals surface area (Å²) in [6, 6.07) is 5.88. The number of aliphatic hydroxyl groups excluding tert-OH is 1. The fourth-order valence-corrected chi connectivity index (χ4v) is 3.63. The van der Waals surface area contributed by atoms with E-state index >= 15 is 0 Å². The van der Waals surface area contributed by atoms with Crippen LogP contribution in [0.5, 0.6) is 0 Å². The molecule has 0 radical (unpaired) electrons. The molecule has 1 aliphatic rings. The molecule has 26 heavy (non-hydrogen) atoms. The summed E-state index contributed by atoms with van der Waals surface area (Å²) in [4.78, 5) is 21.3. The summed E-state index contributed by atoms with van der Waals surface area (Å²) in [6.45, 7) is 7.72. The van der Waals surface area contributed by atoms with Crippen LogP contribution in [0.3, 0.4) is 0 Å². The van der Waals surface area contributed by atoms with Crippen LogP contribution in [0.4, 0.5) is 10.5 Å². The van der Waals surface area contributed by atoms with E-state index in [1.54, 1.807) is 6.33 Å². The highest BCUT2D eigenvalue weighted by molar-refractivity contribution is 5.92. The van der Waals surface area contributed by atoms with Gasteiger partial charge in [-0.2, -0.15) is 0 Å². The molecular formula is C19H29N5O2. The van der Waals surface area contributed by atoms with E-state index in [0.717, 1.165) is 29.8 Å². The van der Waals surface area contributed by atoms with Gasteiger partial charge in [0.05, 0.1) is 17.4 Å². The number of hydrogen-bond donors (Lipinski definition) is 2. The van der Waals surface area contributed by atoms with Gasteiger partial charge in [0.2, 0.25) is 0 Å². The Hall–Kier alpha value is -2.12. The van der Waals surface area contributed by atoms with Gasteiger partial charge in [0.1, 0.15) is 0 Å². The summed E-state index contributed by atoms with van der Waals surface area (Å²) in [5.41, 5.74) is 2.66. The number of aliphatic hydroxyl groups is 1. The van der Waals surface area contributed by atoms with Gasteiger partial charge < -0.3 is 19.9 Å². The van der Waals surface area contributed by atoms with Gasteiger partial charge >= 0.3 is 6.03 Å². The van der Waals surface area contributed by atoms with Crippen molar-refractivity contribution in [3.63, 3.8) is 0 Å². The van der Waals surface area contributed by atoms with Crippen LogP contribution < -0.4 is 5.32 Å². The van der Waals surface area contributed by atoms with Crippen molar-refractivity contribution >= 4 is 22.8 Å². The van der Waals surface area contributed by atoms with Crippen molar-refractivity contribution < 1.29 is 9.90 Å². The lowest BCUT2D eigenvalue weighted by Gasteiger charge is -2.42. The molecule has 2 aromatic rings. The summed E-state index contributed by atoms with van der Waals surface area (Å²) < 4.78 is 1.95. The Balaban J connectivity index is 1.65. The Morgan fingerprint density at radius 2 is 2.19 bits per heavy atom. The number of aromatic nitrogens is 2. The van der Waals surface area contributed by atoms with E-state index in [4.69, 9.17) is 0 Å². The van der Waals surface area contributed by atoms with E-state index in [1.165, 1.54) is 0 Å². The molecule has 0 bridgehead atoms. The Morgan fingerprint density at radius 3 is 2.92 bits per heavy atom. The van der Waals surface area contributed by atoms with Crippen LogP contribution in [0.25, 0.3) is 11.0 Å². The highest BCUT2D eigenvalue weighted by Crippen LogP contribution is 2.19. The summed E-state index contributed by atoms with van der Waals surface area (Å²) >= 11 is 0. The Morgan fingerprint density at radius 1 is 1.38 bits per heavy atom. The molecule has 7 nitrogen and oxygen atoms in total. The first-order valence-corrected chi connectivity index (χ1v) is 9.30. The molecule has 1 fully saturated rings. The van der Waals surface area contributed by atoms with Crippen molar-refractivity contribution in [3.05, 3.63) is 24.5 Å². The molecule has 1 unspecified atom stereocenters. The SMILES string of the molecule is CC(C)CN1CCN(C(=O)Nc2ccc3c(c2)ncn3C)CC1CCO. The van der Waals surface area contributed by atoms with Gasteiger partial charge in [0.15, 0.2) is 0 Å². The van der Waals surface area contributed by atoms with Crippen LogP contribution in [-0.2, 0) is 7.05 Å². The van der Waals surface area contributed by atoms with Crippen LogP contribution in [0.15, 0.2) is 24.5 Å². The standard InChI is InChI=1S/C19H29N5O2/c1-14(2)11-23-7-8-24(12-16(23)6-9-25)19(26)21-15-4-5-18-17(10-15)20-13-22(18)3/h4-5,10,13-14,16,25H,6-9,11-12H2,1-3H3,(H,21,26). The molecule has 1 saturated heterocycles. The Bertz CT molecular complexity index is 757. The Kier molecular flexibility index (Phi) is 5.78. The highest BCUT2D eigenvalue weighted by Gasteiger charge is 2.29. The number of fused-ring (bicyclic) bond motifs is 1. The van der Waals surface area contributed by atoms with Gasteiger partial charge in [-0.25, -0.2) is 9.78 Å². The number of aryl methyl sites for hydroxylation is 1. The van der Waals surface area contributed by atoms with Crippen LogP contribution in [0.1, 0.15) is 20.3 Å². The Labute approximate surface area is 154 Å². The maximum Gasteiger partial charge on any atom is 0.321 e. The molecule has 2 N–H and O–H groups in total. The van der Waals surface area contributed by atoms with Crippen molar-refractivity contribution in [1.82, 2.24) is 19.4 Å². The predicted octanol–water partition coefficient (Wildman–Crippen LogP) is 2.13. The molecule has 0 aliphatic carbocycles. The summed E-state index contributed by atoms with van der Waals surface area (Å²) in [6.07, 6.45) is 2.46. The van der Waals surface area contributed by atoms with Crippen molar-refractivity contribution in [3.8, 4) is 0 Å². The fraction of sp³-hybridized carbons (Fsp3) is 0.579. The topological polar surface area (TPSA) is 73.6 Å². The lowest BCUT2D eigenvalue weighted by Crippen LogP contribution is -2.56. The van der Waals surface area contributed by atoms with Crippen LogP contribution in [0.2, 0.25) is 0 Å². The van der Waals surface area contributed by atoms with Gasteiger partial charge in [0.25, 0.3) is 0 Å². The third kappa shape index (κ3) is 4.16. The van der Waals surface area contributed by atoms with Crippen molar-refractivity contribution in [2.75, 3.05) is 38.1 Å². The van der Waals surface area contributed by atoms with E-state index in [2.05, 4.69) is 29.0 Å². The number of anilines is 1. The first kappa shape index (κ1) is 18.7. The van der Waals surface area contributed by atoms with Crippen molar-refractivity contribution in [2.24, 2.45) is 13.0 Å². The zero-order valence-corrected chi connectivity index (χ0v) is 15.9. The second-order valence-electron chi connectivity index (χ2n) is 7.49. The van der Waals surface area contributed by atoms with Crippen LogP contribution in [0, 0.1) is 5.92 Å². The molecular weight excluding hydrogens is 330 g/mol. The molecule has 7 heteroatoms. The molecule has 3 rings (SSSR count). The maximum atomic E-state index is 12.7. The van der Waals surface area contributed by atoms with Crippen LogP contribution >= 0.6 is 0 Å². The predicted molar refractivity (Wildman–Crippen MR) is 103 cm³/mol. The fourth-order valence-electron chi connectivity index (χ4n) is 3.63. The monoisotopic (exact) mass is 359 g/mol. The summed E-state index contributed by atoms with van der Waals surface area (Å²) in [5, 5.41) is 12.4. The number of benzene rings is 1. The average Bonchev–Trinajstić information content (AvgIpc) is 2.96. The van der Waals surface area contributed by atoms with Gasteiger partial charge in [-0.05, 0) is 30.5 Å². The minimum Gasteiger partial charge on any atom is -0.396 e. The van der Waals surface area contributed by atoms with E-state index < -0.39 is 0 Å². The third-order valence-electron chi connectivity index (χ3n) is 4.93. The smallest absolute Gasteiger partial charge is 0.321 e. The number of urea groups is 1. The number of amides is 2. The first-order valence-electron chi connectivity index (χ1n) is 9.30. The molecule has 1 aromatic carbocycles. The molecule has 0 spiro atoms. The molecule has 2 amide bonds. The van der Waals surface area contributed by atoms with E-state index in [9.17, 15) is 9.90 Å². The quantitative estimate of drug-likeness (QED) is 0.858. The highest BCUT2D eigenvalue weighted by atomic mass is 16.3. The number of hydrogen-bond acceptors (Lipinski definition) is 4. The van der Waals surface area contributed by atoms with E-state index in [-0.39, 0.29) is 18.7 Å². The number of nitrogens with zero attached hydrogens (tertiary/aromatic N) is 4. The number of imidazole rings is 1. The second kappa shape index (κ2) is 8.05. The number of carbonyl (C=O) groups is 1.